The van der Waals surface area contributed by atoms with Gasteiger partial charge >= 0.3 is 73.5 Å². The molecule has 0 amide bonds. The summed E-state index contributed by atoms with van der Waals surface area (Å²) < 4.78 is 3.14. The van der Waals surface area contributed by atoms with Crippen molar-refractivity contribution < 1.29 is 14.2 Å². The number of rotatable bonds is 0. The molecule has 7 heteroatoms. The summed E-state index contributed by atoms with van der Waals surface area (Å²) in [6.45, 7) is 0. The Balaban J connectivity index is -0.0000000267. The predicted molar refractivity (Wildman–Crippen MR) is 40.6 cm³/mol. The third-order valence-corrected chi connectivity index (χ3v) is 0.198. The monoisotopic (exact) mass is 192 g/mol. The fraction of sp³-hybridized carbons (Fsp3) is 0. The van der Waals surface area contributed by atoms with E-state index < -0.39 is 6.16 Å². The predicted octanol–water partition coefficient (Wildman–Crippen LogP) is -1.91. The molecule has 0 radical (unpaired) electrons. The van der Waals surface area contributed by atoms with Gasteiger partial charge in [0.2, 0.25) is 0 Å². The Labute approximate surface area is 115 Å². The number of halogens is 1. The van der Waals surface area contributed by atoms with Crippen molar-refractivity contribution in [1.82, 2.24) is 0 Å². The van der Waals surface area contributed by atoms with Crippen molar-refractivity contribution in [2.24, 2.45) is 0 Å². The van der Waals surface area contributed by atoms with Crippen LogP contribution in [0.3, 0.4) is 0 Å². The molecule has 0 aromatic carbocycles. The van der Waals surface area contributed by atoms with Gasteiger partial charge in [-0.1, -0.05) is 0 Å². The van der Waals surface area contributed by atoms with E-state index in [9.17, 15) is 0 Å². The molecule has 0 aliphatic carbocycles. The Bertz CT molecular complexity index is 54.5. The molecule has 0 aromatic rings. The van der Waals surface area contributed by atoms with Gasteiger partial charge in [-0.2, -0.15) is 0 Å². The van der Waals surface area contributed by atoms with Crippen LogP contribution in [-0.2, 0) is 4.29 Å². The number of hydrogen-bond acceptors (Lipinski definition) is 2. The van der Waals surface area contributed by atoms with Crippen molar-refractivity contribution in [2.45, 2.75) is 0 Å². The fourth-order valence-corrected chi connectivity index (χ4v) is 0. The van der Waals surface area contributed by atoms with Gasteiger partial charge in [-0.15, -0.1) is 0 Å². The molecule has 3 nitrogen and oxygen atoms in total. The second-order valence-electron chi connectivity index (χ2n) is 0.343. The van der Waals surface area contributed by atoms with Crippen molar-refractivity contribution in [3.63, 3.8) is 0 Å². The quantitative estimate of drug-likeness (QED) is 0.456. The molecule has 0 aliphatic heterocycles. The van der Waals surface area contributed by atoms with Gasteiger partial charge in [-0.25, -0.2) is 4.79 Å². The van der Waals surface area contributed by atoms with Crippen LogP contribution in [0.25, 0.3) is 0 Å². The average Bonchev–Trinajstić information content (AvgIpc) is 1.38. The molecular weight excluding hydrogens is 186 g/mol. The van der Waals surface area contributed by atoms with E-state index in [-0.39, 0.29) is 84.7 Å². The molecule has 0 aromatic heterocycles. The zero-order valence-corrected chi connectivity index (χ0v) is 2.90. The molecular formula is CH7AlCaClNaO3. The van der Waals surface area contributed by atoms with Gasteiger partial charge in [0.25, 0.3) is 0 Å². The van der Waals surface area contributed by atoms with Crippen molar-refractivity contribution >= 4 is 103 Å². The van der Waals surface area contributed by atoms with Gasteiger partial charge in [0.1, 0.15) is 11.9 Å². The van der Waals surface area contributed by atoms with E-state index in [4.69, 9.17) is 9.90 Å². The van der Waals surface area contributed by atoms with Crippen LogP contribution >= 0.6 is 11.9 Å². The molecule has 0 spiro atoms. The first kappa shape index (κ1) is 22.4. The van der Waals surface area contributed by atoms with Crippen LogP contribution in [0.5, 0.6) is 0 Å². The van der Waals surface area contributed by atoms with Crippen molar-refractivity contribution in [3.8, 4) is 0 Å². The molecule has 0 saturated carbocycles. The molecule has 1 N–H and O–H groups in total. The third-order valence-electron chi connectivity index (χ3n) is 0.0660. The molecule has 0 bridgehead atoms. The Hall–Kier alpha value is 2.35. The summed E-state index contributed by atoms with van der Waals surface area (Å²) in [4.78, 5) is 9.01. The van der Waals surface area contributed by atoms with Crippen molar-refractivity contribution in [1.29, 1.82) is 0 Å². The molecule has 0 saturated heterocycles. The van der Waals surface area contributed by atoms with Crippen LogP contribution in [0.1, 0.15) is 0 Å². The van der Waals surface area contributed by atoms with Gasteiger partial charge in [0.05, 0.1) is 0 Å². The molecule has 0 aliphatic rings. The van der Waals surface area contributed by atoms with Gasteiger partial charge in [0, 0.05) is 0 Å². The molecule has 0 rings (SSSR count). The first-order chi connectivity index (χ1) is 2.27. The first-order valence-corrected chi connectivity index (χ1v) is 1.09. The molecule has 8 heavy (non-hydrogen) atoms. The summed E-state index contributed by atoms with van der Waals surface area (Å²) in [7, 11) is 0. The summed E-state index contributed by atoms with van der Waals surface area (Å²) in [6, 6.07) is 0. The standard InChI is InChI=1S/CHClO3.Al.Ca.Na.6H/c2-5-1(3)4;;;;;;;;;/h(H,3,4);;;;;;;;;. The topological polar surface area (TPSA) is 46.5 Å². The maximum atomic E-state index is 9.01. The van der Waals surface area contributed by atoms with E-state index >= 15 is 0 Å². The maximum absolute atomic E-state index is 9.01. The molecule has 0 unspecified atom stereocenters. The van der Waals surface area contributed by atoms with Crippen LogP contribution in [0.2, 0.25) is 0 Å². The minimum atomic E-state index is -1.48. The Kier molecular flexibility index (Phi) is 45.4. The van der Waals surface area contributed by atoms with E-state index in [1.54, 1.807) is 0 Å². The summed E-state index contributed by atoms with van der Waals surface area (Å²) in [5.41, 5.74) is 0. The van der Waals surface area contributed by atoms with Crippen LogP contribution in [-0.4, -0.2) is 95.9 Å². The Morgan fingerprint density at radius 1 is 1.62 bits per heavy atom. The van der Waals surface area contributed by atoms with Crippen LogP contribution in [0.15, 0.2) is 0 Å². The van der Waals surface area contributed by atoms with E-state index in [2.05, 4.69) is 16.2 Å². The summed E-state index contributed by atoms with van der Waals surface area (Å²) >= 11 is 4.24. The molecule has 0 atom stereocenters. The Morgan fingerprint density at radius 2 is 1.75 bits per heavy atom. The second-order valence-corrected chi connectivity index (χ2v) is 0.497. The zero-order chi connectivity index (χ0) is 4.28. The van der Waals surface area contributed by atoms with Crippen molar-refractivity contribution in [3.05, 3.63) is 0 Å². The number of carbonyl (C=O) groups is 1. The molecule has 0 heterocycles. The Morgan fingerprint density at radius 3 is 1.75 bits per heavy atom. The normalized spacial score (nSPS) is 4.12. The number of hydrogen-bond donors (Lipinski definition) is 1. The van der Waals surface area contributed by atoms with Gasteiger partial charge in [0.15, 0.2) is 17.4 Å². The zero-order valence-electron chi connectivity index (χ0n) is 2.14. The SMILES string of the molecule is O=C(O)OCl.[AlH3].[CaH2].[NaH]. The van der Waals surface area contributed by atoms with Gasteiger partial charge in [-0.3, -0.25) is 0 Å². The summed E-state index contributed by atoms with van der Waals surface area (Å²) in [6.07, 6.45) is -1.48. The summed E-state index contributed by atoms with van der Waals surface area (Å²) in [5.74, 6) is 0. The molecule has 0 fully saturated rings. The fourth-order valence-electron chi connectivity index (χ4n) is 0. The van der Waals surface area contributed by atoms with E-state index in [0.29, 0.717) is 0 Å². The van der Waals surface area contributed by atoms with E-state index in [1.807, 2.05) is 0 Å². The van der Waals surface area contributed by atoms with Crippen LogP contribution in [0.4, 0.5) is 4.79 Å². The molecule has 42 valence electrons. The van der Waals surface area contributed by atoms with Gasteiger partial charge in [-0.05, 0) is 0 Å². The van der Waals surface area contributed by atoms with Crippen LogP contribution in [0, 0.1) is 0 Å². The third kappa shape index (κ3) is 23.8. The number of carboxylic acid groups (broad SMARTS) is 1. The summed E-state index contributed by atoms with van der Waals surface area (Å²) in [5, 5.41) is 7.37. The first-order valence-electron chi connectivity index (χ1n) is 0.786. The minimum absolute atomic E-state index is 0. The van der Waals surface area contributed by atoms with Crippen LogP contribution < -0.4 is 0 Å². The van der Waals surface area contributed by atoms with Crippen molar-refractivity contribution in [2.75, 3.05) is 0 Å². The van der Waals surface area contributed by atoms with E-state index in [1.165, 1.54) is 0 Å². The average molecular weight is 193 g/mol. The van der Waals surface area contributed by atoms with Gasteiger partial charge < -0.3 is 9.40 Å². The van der Waals surface area contributed by atoms with E-state index in [0.717, 1.165) is 0 Å². The second kappa shape index (κ2) is 16.2.